The van der Waals surface area contributed by atoms with Gasteiger partial charge in [-0.2, -0.15) is 0 Å². The van der Waals surface area contributed by atoms with Gasteiger partial charge in [0.05, 0.1) is 0 Å². The second kappa shape index (κ2) is 10.0. The molecule has 98 valence electrons. The molecule has 0 rings (SSSR count). The molecule has 0 aliphatic heterocycles. The lowest BCUT2D eigenvalue weighted by molar-refractivity contribution is 0.531. The maximum absolute atomic E-state index is 4.06. The van der Waals surface area contributed by atoms with E-state index in [-0.39, 0.29) is 0 Å². The summed E-state index contributed by atoms with van der Waals surface area (Å²) in [4.78, 5) is 0. The summed E-state index contributed by atoms with van der Waals surface area (Å²) in [6.07, 6.45) is 8.40. The minimum atomic E-state index is 0.807. The van der Waals surface area contributed by atoms with Crippen LogP contribution in [0.3, 0.4) is 0 Å². The summed E-state index contributed by atoms with van der Waals surface area (Å²) in [5, 5.41) is 6.38. The van der Waals surface area contributed by atoms with Gasteiger partial charge in [0.1, 0.15) is 0 Å². The predicted octanol–water partition coefficient (Wildman–Crippen LogP) is 3.94. The highest BCUT2D eigenvalue weighted by Crippen LogP contribution is 2.09. The van der Waals surface area contributed by atoms with Crippen molar-refractivity contribution in [1.29, 1.82) is 0 Å². The van der Waals surface area contributed by atoms with Crippen LogP contribution in [0.5, 0.6) is 0 Å². The Morgan fingerprint density at radius 3 is 2.53 bits per heavy atom. The Hall–Kier alpha value is -1.18. The van der Waals surface area contributed by atoms with Gasteiger partial charge in [-0.3, -0.25) is 0 Å². The van der Waals surface area contributed by atoms with Crippen molar-refractivity contribution in [1.82, 2.24) is 10.6 Å². The Bertz CT molecular complexity index is 252. The topological polar surface area (TPSA) is 24.1 Å². The molecule has 0 aromatic rings. The van der Waals surface area contributed by atoms with Crippen LogP contribution in [-0.4, -0.2) is 6.54 Å². The van der Waals surface area contributed by atoms with Crippen LogP contribution in [0.2, 0.25) is 0 Å². The standard InChI is InChI=1S/C15H28N2/c1-6-15(12-16-7-2)14(5)17-11-9-8-10-13(3)4/h7,12-13,16-17H,2,5-6,8-11H2,1,3-4H3/b15-12-. The van der Waals surface area contributed by atoms with Crippen molar-refractivity contribution in [3.63, 3.8) is 0 Å². The van der Waals surface area contributed by atoms with E-state index in [9.17, 15) is 0 Å². The minimum Gasteiger partial charge on any atom is -0.385 e. The van der Waals surface area contributed by atoms with Gasteiger partial charge < -0.3 is 10.6 Å². The van der Waals surface area contributed by atoms with E-state index in [0.717, 1.165) is 24.6 Å². The fourth-order valence-corrected chi connectivity index (χ4v) is 1.59. The van der Waals surface area contributed by atoms with Crippen molar-refractivity contribution in [3.8, 4) is 0 Å². The Balaban J connectivity index is 3.79. The van der Waals surface area contributed by atoms with Crippen molar-refractivity contribution in [2.45, 2.75) is 46.5 Å². The predicted molar refractivity (Wildman–Crippen MR) is 77.5 cm³/mol. The molecule has 0 atom stereocenters. The number of hydrogen-bond donors (Lipinski definition) is 2. The van der Waals surface area contributed by atoms with E-state index < -0.39 is 0 Å². The summed E-state index contributed by atoms with van der Waals surface area (Å²) in [7, 11) is 0. The van der Waals surface area contributed by atoms with Crippen molar-refractivity contribution in [2.24, 2.45) is 5.92 Å². The molecule has 17 heavy (non-hydrogen) atoms. The third kappa shape index (κ3) is 8.61. The molecule has 0 unspecified atom stereocenters. The first kappa shape index (κ1) is 15.8. The van der Waals surface area contributed by atoms with Crippen LogP contribution in [-0.2, 0) is 0 Å². The summed E-state index contributed by atoms with van der Waals surface area (Å²) >= 11 is 0. The smallest absolute Gasteiger partial charge is 0.0314 e. The number of nitrogens with one attached hydrogen (secondary N) is 2. The lowest BCUT2D eigenvalue weighted by Crippen LogP contribution is -2.16. The molecule has 0 heterocycles. The fraction of sp³-hybridized carbons (Fsp3) is 0.600. The summed E-state index contributed by atoms with van der Waals surface area (Å²) < 4.78 is 0. The Kier molecular flexibility index (Phi) is 9.31. The van der Waals surface area contributed by atoms with Crippen LogP contribution >= 0.6 is 0 Å². The second-order valence-electron chi connectivity index (χ2n) is 4.69. The van der Waals surface area contributed by atoms with E-state index in [0.29, 0.717) is 0 Å². The summed E-state index contributed by atoms with van der Waals surface area (Å²) in [5.74, 6) is 0.807. The van der Waals surface area contributed by atoms with Gasteiger partial charge in [-0.25, -0.2) is 0 Å². The second-order valence-corrected chi connectivity index (χ2v) is 4.69. The van der Waals surface area contributed by atoms with Crippen LogP contribution < -0.4 is 10.6 Å². The Morgan fingerprint density at radius 2 is 2.00 bits per heavy atom. The summed E-state index contributed by atoms with van der Waals surface area (Å²) in [6.45, 7) is 15.4. The molecule has 2 nitrogen and oxygen atoms in total. The minimum absolute atomic E-state index is 0.807. The van der Waals surface area contributed by atoms with Gasteiger partial charge in [0.2, 0.25) is 0 Å². The summed E-state index contributed by atoms with van der Waals surface area (Å²) in [6, 6.07) is 0. The van der Waals surface area contributed by atoms with Crippen LogP contribution in [0, 0.1) is 5.92 Å². The number of rotatable bonds is 10. The number of hydrogen-bond acceptors (Lipinski definition) is 2. The molecule has 2 N–H and O–H groups in total. The van der Waals surface area contributed by atoms with E-state index in [2.05, 4.69) is 44.6 Å². The van der Waals surface area contributed by atoms with Gasteiger partial charge in [0.15, 0.2) is 0 Å². The first-order valence-corrected chi connectivity index (χ1v) is 6.60. The van der Waals surface area contributed by atoms with E-state index in [1.165, 1.54) is 24.8 Å². The molecule has 0 bridgehead atoms. The monoisotopic (exact) mass is 236 g/mol. The lowest BCUT2D eigenvalue weighted by Gasteiger charge is -2.12. The normalized spacial score (nSPS) is 11.4. The van der Waals surface area contributed by atoms with Crippen molar-refractivity contribution in [2.75, 3.05) is 6.54 Å². The molecule has 2 heteroatoms. The molecule has 0 amide bonds. The average molecular weight is 236 g/mol. The molecule has 0 saturated carbocycles. The lowest BCUT2D eigenvalue weighted by atomic mass is 10.1. The van der Waals surface area contributed by atoms with E-state index in [4.69, 9.17) is 0 Å². The van der Waals surface area contributed by atoms with E-state index in [1.54, 1.807) is 6.20 Å². The molecule has 0 aromatic heterocycles. The molecule has 0 spiro atoms. The van der Waals surface area contributed by atoms with Crippen LogP contribution in [0.25, 0.3) is 0 Å². The maximum Gasteiger partial charge on any atom is 0.0314 e. The van der Waals surface area contributed by atoms with E-state index in [1.807, 2.05) is 6.20 Å². The molecule has 0 aromatic carbocycles. The van der Waals surface area contributed by atoms with Crippen LogP contribution in [0.1, 0.15) is 46.5 Å². The first-order chi connectivity index (χ1) is 8.11. The maximum atomic E-state index is 4.06. The highest BCUT2D eigenvalue weighted by atomic mass is 14.9. The molecule has 0 saturated heterocycles. The third-order valence-electron chi connectivity index (χ3n) is 2.69. The van der Waals surface area contributed by atoms with Gasteiger partial charge in [0.25, 0.3) is 0 Å². The first-order valence-electron chi connectivity index (χ1n) is 6.60. The highest BCUT2D eigenvalue weighted by molar-refractivity contribution is 5.26. The fourth-order valence-electron chi connectivity index (χ4n) is 1.59. The zero-order valence-corrected chi connectivity index (χ0v) is 11.7. The number of allylic oxidation sites excluding steroid dienone is 1. The van der Waals surface area contributed by atoms with Crippen molar-refractivity contribution < 1.29 is 0 Å². The molecule has 0 radical (unpaired) electrons. The van der Waals surface area contributed by atoms with Gasteiger partial charge in [-0.15, -0.1) is 0 Å². The van der Waals surface area contributed by atoms with Gasteiger partial charge >= 0.3 is 0 Å². The largest absolute Gasteiger partial charge is 0.385 e. The van der Waals surface area contributed by atoms with Crippen LogP contribution in [0.15, 0.2) is 36.8 Å². The summed E-state index contributed by atoms with van der Waals surface area (Å²) in [5.41, 5.74) is 2.22. The van der Waals surface area contributed by atoms with Gasteiger partial charge in [-0.1, -0.05) is 46.8 Å². The average Bonchev–Trinajstić information content (AvgIpc) is 2.29. The Morgan fingerprint density at radius 1 is 1.29 bits per heavy atom. The SMILES string of the molecule is C=CN/C=C(/CC)C(=C)NCCCCC(C)C. The van der Waals surface area contributed by atoms with Gasteiger partial charge in [-0.05, 0) is 30.5 Å². The van der Waals surface area contributed by atoms with E-state index >= 15 is 0 Å². The van der Waals surface area contributed by atoms with Gasteiger partial charge in [0, 0.05) is 18.4 Å². The van der Waals surface area contributed by atoms with Crippen molar-refractivity contribution in [3.05, 3.63) is 36.8 Å². The molecular formula is C15H28N2. The third-order valence-corrected chi connectivity index (χ3v) is 2.69. The molecular weight excluding hydrogens is 208 g/mol. The molecule has 0 aliphatic carbocycles. The van der Waals surface area contributed by atoms with Crippen LogP contribution in [0.4, 0.5) is 0 Å². The zero-order chi connectivity index (χ0) is 13.1. The molecule has 0 fully saturated rings. The zero-order valence-electron chi connectivity index (χ0n) is 11.7. The Labute approximate surface area is 107 Å². The molecule has 0 aliphatic rings. The van der Waals surface area contributed by atoms with Crippen molar-refractivity contribution >= 4 is 0 Å². The highest BCUT2D eigenvalue weighted by Gasteiger charge is 1.99. The number of unbranched alkanes of at least 4 members (excludes halogenated alkanes) is 1. The quantitative estimate of drug-likeness (QED) is 0.443.